The number of rotatable bonds is 5. The normalized spacial score (nSPS) is 10.5. The van der Waals surface area contributed by atoms with Crippen molar-refractivity contribution in [3.63, 3.8) is 0 Å². The van der Waals surface area contributed by atoms with E-state index in [0.717, 1.165) is 23.5 Å². The fraction of sp³-hybridized carbons (Fsp3) is 0.263. The largest absolute Gasteiger partial charge is 0.490 e. The van der Waals surface area contributed by atoms with Gasteiger partial charge < -0.3 is 15.3 Å². The molecule has 1 amide bonds. The first kappa shape index (κ1) is 23.3. The molecule has 0 aliphatic rings. The Morgan fingerprint density at radius 1 is 1.14 bits per heavy atom. The molecule has 0 aliphatic carbocycles. The molecule has 152 valence electrons. The van der Waals surface area contributed by atoms with E-state index in [4.69, 9.17) is 21.5 Å². The number of aliphatic carboxylic acids is 1. The third kappa shape index (κ3) is 7.87. The molecular weight excluding hydrogens is 397 g/mol. The van der Waals surface area contributed by atoms with E-state index in [9.17, 15) is 18.0 Å². The summed E-state index contributed by atoms with van der Waals surface area (Å²) in [6.07, 6.45) is -4.77. The smallest absolute Gasteiger partial charge is 0.475 e. The monoisotopic (exact) mass is 416 g/mol. The fourth-order valence-corrected chi connectivity index (χ4v) is 2.32. The molecule has 0 heterocycles. The second-order valence-corrected chi connectivity index (χ2v) is 6.13. The van der Waals surface area contributed by atoms with E-state index in [1.54, 1.807) is 6.07 Å². The lowest BCUT2D eigenvalue weighted by Gasteiger charge is -2.20. The Morgan fingerprint density at radius 2 is 1.75 bits per heavy atom. The molecule has 2 N–H and O–H groups in total. The van der Waals surface area contributed by atoms with Crippen LogP contribution in [0.1, 0.15) is 12.5 Å². The molecule has 2 rings (SSSR count). The second-order valence-electron chi connectivity index (χ2n) is 5.69. The third-order valence-electron chi connectivity index (χ3n) is 3.56. The van der Waals surface area contributed by atoms with Gasteiger partial charge in [0.05, 0.1) is 17.8 Å². The highest BCUT2D eigenvalue weighted by molar-refractivity contribution is 6.30. The lowest BCUT2D eigenvalue weighted by molar-refractivity contribution is -0.192. The van der Waals surface area contributed by atoms with Crippen LogP contribution in [0.3, 0.4) is 0 Å². The topological polar surface area (TPSA) is 69.6 Å². The average Bonchev–Trinajstić information content (AvgIpc) is 2.61. The van der Waals surface area contributed by atoms with Crippen molar-refractivity contribution < 1.29 is 27.9 Å². The molecule has 2 aromatic rings. The van der Waals surface area contributed by atoms with Gasteiger partial charge in [0.15, 0.2) is 0 Å². The first-order valence-electron chi connectivity index (χ1n) is 8.19. The molecule has 0 aliphatic heterocycles. The van der Waals surface area contributed by atoms with Crippen LogP contribution < -0.4 is 10.2 Å². The summed E-state index contributed by atoms with van der Waals surface area (Å²) in [5.74, 6) is -2.80. The van der Waals surface area contributed by atoms with Crippen LogP contribution in [0.25, 0.3) is 0 Å². The Bertz CT molecular complexity index is 813. The number of para-hydroxylation sites is 2. The fourth-order valence-electron chi connectivity index (χ4n) is 2.11. The number of nitrogens with one attached hydrogen (secondary N) is 1. The Kier molecular flexibility index (Phi) is 8.78. The van der Waals surface area contributed by atoms with Crippen LogP contribution in [0.4, 0.5) is 24.5 Å². The molecule has 0 unspecified atom stereocenters. The molecule has 2 aromatic carbocycles. The number of benzene rings is 2. The van der Waals surface area contributed by atoms with E-state index in [0.29, 0.717) is 11.4 Å². The minimum Gasteiger partial charge on any atom is -0.475 e. The van der Waals surface area contributed by atoms with E-state index < -0.39 is 12.1 Å². The van der Waals surface area contributed by atoms with Gasteiger partial charge in [-0.1, -0.05) is 35.9 Å². The maximum absolute atomic E-state index is 12.2. The van der Waals surface area contributed by atoms with Crippen LogP contribution in [0.15, 0.2) is 48.5 Å². The number of nitrogens with zero attached hydrogens (tertiary/aromatic N) is 1. The quantitative estimate of drug-likeness (QED) is 0.746. The summed E-state index contributed by atoms with van der Waals surface area (Å²) in [4.78, 5) is 23.2. The Labute approximate surface area is 165 Å². The molecular formula is C19H20ClF3N2O3. The number of alkyl halides is 3. The minimum atomic E-state index is -5.08. The summed E-state index contributed by atoms with van der Waals surface area (Å²) in [6.45, 7) is 2.95. The Balaban J connectivity index is 0.000000480. The number of hydrogen-bond donors (Lipinski definition) is 2. The molecule has 5 nitrogen and oxygen atoms in total. The number of carbonyl (C=O) groups excluding carboxylic acids is 1. The van der Waals surface area contributed by atoms with E-state index in [1.165, 1.54) is 0 Å². The first-order chi connectivity index (χ1) is 13.0. The molecule has 0 aromatic heterocycles. The number of amides is 1. The number of anilines is 2. The molecule has 0 saturated heterocycles. The van der Waals surface area contributed by atoms with E-state index >= 15 is 0 Å². The minimum absolute atomic E-state index is 0.0470. The second kappa shape index (κ2) is 10.6. The highest BCUT2D eigenvalue weighted by Gasteiger charge is 2.38. The average molecular weight is 417 g/mol. The summed E-state index contributed by atoms with van der Waals surface area (Å²) >= 11 is 5.94. The van der Waals surface area contributed by atoms with Crippen molar-refractivity contribution in [2.45, 2.75) is 19.5 Å². The van der Waals surface area contributed by atoms with Crippen molar-refractivity contribution in [2.24, 2.45) is 0 Å². The van der Waals surface area contributed by atoms with Crippen molar-refractivity contribution in [1.29, 1.82) is 0 Å². The zero-order chi connectivity index (χ0) is 21.3. The van der Waals surface area contributed by atoms with Gasteiger partial charge in [0.2, 0.25) is 5.91 Å². The van der Waals surface area contributed by atoms with Gasteiger partial charge in [-0.05, 0) is 36.8 Å². The number of hydrogen-bond acceptors (Lipinski definition) is 3. The van der Waals surface area contributed by atoms with Gasteiger partial charge in [0.1, 0.15) is 0 Å². The third-order valence-corrected chi connectivity index (χ3v) is 3.80. The lowest BCUT2D eigenvalue weighted by Crippen LogP contribution is -2.21. The maximum atomic E-state index is 12.2. The number of carboxylic acids is 1. The first-order valence-corrected chi connectivity index (χ1v) is 8.57. The summed E-state index contributed by atoms with van der Waals surface area (Å²) < 4.78 is 31.7. The molecule has 9 heteroatoms. The van der Waals surface area contributed by atoms with Crippen LogP contribution in [0.5, 0.6) is 0 Å². The summed E-state index contributed by atoms with van der Waals surface area (Å²) in [6, 6.07) is 15.2. The zero-order valence-corrected chi connectivity index (χ0v) is 16.0. The van der Waals surface area contributed by atoms with E-state index in [2.05, 4.69) is 17.1 Å². The van der Waals surface area contributed by atoms with Gasteiger partial charge in [-0.2, -0.15) is 13.2 Å². The molecule has 0 saturated carbocycles. The van der Waals surface area contributed by atoms with Crippen LogP contribution in [0, 0.1) is 0 Å². The van der Waals surface area contributed by atoms with E-state index in [-0.39, 0.29) is 5.91 Å². The number of carboxylic acid groups (broad SMARTS) is 1. The van der Waals surface area contributed by atoms with Gasteiger partial charge in [-0.15, -0.1) is 0 Å². The number of halogens is 4. The molecule has 0 bridgehead atoms. The van der Waals surface area contributed by atoms with Crippen LogP contribution in [0.2, 0.25) is 5.02 Å². The van der Waals surface area contributed by atoms with Gasteiger partial charge in [0.25, 0.3) is 0 Å². The lowest BCUT2D eigenvalue weighted by atomic mass is 10.1. The predicted molar refractivity (Wildman–Crippen MR) is 103 cm³/mol. The highest BCUT2D eigenvalue weighted by Crippen LogP contribution is 2.24. The van der Waals surface area contributed by atoms with Gasteiger partial charge >= 0.3 is 12.1 Å². The predicted octanol–water partition coefficient (Wildman–Crippen LogP) is 4.61. The summed E-state index contributed by atoms with van der Waals surface area (Å²) in [7, 11) is 2.00. The van der Waals surface area contributed by atoms with Crippen LogP contribution >= 0.6 is 11.6 Å². The summed E-state index contributed by atoms with van der Waals surface area (Å²) in [5, 5.41) is 10.7. The van der Waals surface area contributed by atoms with Gasteiger partial charge in [-0.3, -0.25) is 4.79 Å². The molecule has 0 atom stereocenters. The zero-order valence-electron chi connectivity index (χ0n) is 15.3. The number of carbonyl (C=O) groups is 2. The van der Waals surface area contributed by atoms with Crippen molar-refractivity contribution >= 4 is 34.9 Å². The molecule has 0 radical (unpaired) electrons. The molecule has 28 heavy (non-hydrogen) atoms. The maximum Gasteiger partial charge on any atom is 0.490 e. The summed E-state index contributed by atoms with van der Waals surface area (Å²) in [5.41, 5.74) is 2.75. The van der Waals surface area contributed by atoms with Crippen LogP contribution in [-0.2, 0) is 16.0 Å². The standard InChI is InChI=1S/C17H19ClN2O.C2HF3O2/c1-3-20(2)16-10-5-4-9-15(16)19-17(21)12-13-7-6-8-14(18)11-13;3-2(4,5)1(6)7/h4-11H,3,12H2,1-2H3,(H,19,21);(H,6,7). The van der Waals surface area contributed by atoms with Crippen molar-refractivity contribution in [3.05, 3.63) is 59.1 Å². The Hall–Kier alpha value is -2.74. The SMILES string of the molecule is CCN(C)c1ccccc1NC(=O)Cc1cccc(Cl)c1.O=C(O)C(F)(F)F. The van der Waals surface area contributed by atoms with E-state index in [1.807, 2.05) is 49.5 Å². The molecule has 0 fully saturated rings. The molecule has 0 spiro atoms. The highest BCUT2D eigenvalue weighted by atomic mass is 35.5. The van der Waals surface area contributed by atoms with Crippen LogP contribution in [-0.4, -0.2) is 36.8 Å². The van der Waals surface area contributed by atoms with Crippen molar-refractivity contribution in [3.8, 4) is 0 Å². The van der Waals surface area contributed by atoms with Crippen molar-refractivity contribution in [1.82, 2.24) is 0 Å². The van der Waals surface area contributed by atoms with Crippen molar-refractivity contribution in [2.75, 3.05) is 23.8 Å². The Morgan fingerprint density at radius 3 is 2.29 bits per heavy atom. The van der Waals surface area contributed by atoms with Gasteiger partial charge in [0, 0.05) is 18.6 Å². The van der Waals surface area contributed by atoms with Gasteiger partial charge in [-0.25, -0.2) is 4.79 Å².